The van der Waals surface area contributed by atoms with Crippen molar-refractivity contribution in [3.63, 3.8) is 0 Å². The second-order valence-electron chi connectivity index (χ2n) is 3.47. The Morgan fingerprint density at radius 2 is 2.30 bits per heavy atom. The lowest BCUT2D eigenvalue weighted by Gasteiger charge is -2.29. The van der Waals surface area contributed by atoms with Crippen LogP contribution in [0.4, 0.5) is 0 Å². The molecule has 1 fully saturated rings. The highest BCUT2D eigenvalue weighted by atomic mass is 16.5. The molecule has 1 rings (SSSR count). The average Bonchev–Trinajstić information content (AvgIpc) is 2.15. The van der Waals surface area contributed by atoms with Crippen LogP contribution in [0.15, 0.2) is 0 Å². The van der Waals surface area contributed by atoms with E-state index in [1.165, 1.54) is 5.06 Å². The molecule has 2 heteroatoms. The van der Waals surface area contributed by atoms with Crippen LogP contribution in [0.1, 0.15) is 39.5 Å². The van der Waals surface area contributed by atoms with E-state index in [1.54, 1.807) is 0 Å². The van der Waals surface area contributed by atoms with E-state index in [2.05, 4.69) is 13.8 Å². The second-order valence-corrected chi connectivity index (χ2v) is 3.47. The third-order valence-electron chi connectivity index (χ3n) is 2.50. The van der Waals surface area contributed by atoms with Crippen LogP contribution in [0.3, 0.4) is 0 Å². The Morgan fingerprint density at radius 1 is 1.60 bits per heavy atom. The zero-order valence-electron chi connectivity index (χ0n) is 6.93. The fourth-order valence-electron chi connectivity index (χ4n) is 1.80. The van der Waals surface area contributed by atoms with E-state index < -0.39 is 0 Å². The average molecular weight is 143 g/mol. The summed E-state index contributed by atoms with van der Waals surface area (Å²) in [5.41, 5.74) is 0.0920. The van der Waals surface area contributed by atoms with Crippen molar-refractivity contribution < 1.29 is 5.21 Å². The monoisotopic (exact) mass is 143 g/mol. The molecule has 1 aliphatic heterocycles. The van der Waals surface area contributed by atoms with Crippen LogP contribution in [0.2, 0.25) is 0 Å². The summed E-state index contributed by atoms with van der Waals surface area (Å²) < 4.78 is 0. The molecule has 1 heterocycles. The molecule has 0 saturated carbocycles. The van der Waals surface area contributed by atoms with E-state index in [-0.39, 0.29) is 5.54 Å². The van der Waals surface area contributed by atoms with Crippen LogP contribution in [0, 0.1) is 0 Å². The maximum Gasteiger partial charge on any atom is 0.0432 e. The molecule has 2 nitrogen and oxygen atoms in total. The van der Waals surface area contributed by atoms with Crippen LogP contribution in [-0.4, -0.2) is 22.4 Å². The topological polar surface area (TPSA) is 23.5 Å². The summed E-state index contributed by atoms with van der Waals surface area (Å²) in [6.45, 7) is 5.16. The smallest absolute Gasteiger partial charge is 0.0432 e. The first kappa shape index (κ1) is 8.02. The molecule has 10 heavy (non-hydrogen) atoms. The Bertz CT molecular complexity index is 116. The zero-order valence-corrected chi connectivity index (χ0v) is 6.93. The van der Waals surface area contributed by atoms with Gasteiger partial charge >= 0.3 is 0 Å². The Hall–Kier alpha value is -0.0800. The van der Waals surface area contributed by atoms with E-state index in [4.69, 9.17) is 0 Å². The van der Waals surface area contributed by atoms with E-state index in [0.717, 1.165) is 32.2 Å². The van der Waals surface area contributed by atoms with Gasteiger partial charge in [-0.2, -0.15) is 5.06 Å². The van der Waals surface area contributed by atoms with Gasteiger partial charge < -0.3 is 5.21 Å². The van der Waals surface area contributed by atoms with Crippen molar-refractivity contribution in [1.82, 2.24) is 5.06 Å². The Morgan fingerprint density at radius 3 is 2.70 bits per heavy atom. The maximum absolute atomic E-state index is 9.41. The summed E-state index contributed by atoms with van der Waals surface area (Å²) in [6, 6.07) is 0. The van der Waals surface area contributed by atoms with Gasteiger partial charge in [-0.15, -0.1) is 0 Å². The highest BCUT2D eigenvalue weighted by Gasteiger charge is 2.34. The Labute approximate surface area is 62.8 Å². The van der Waals surface area contributed by atoms with E-state index in [9.17, 15) is 5.21 Å². The lowest BCUT2D eigenvalue weighted by atomic mass is 9.94. The lowest BCUT2D eigenvalue weighted by Crippen LogP contribution is -2.38. The summed E-state index contributed by atoms with van der Waals surface area (Å²) >= 11 is 0. The van der Waals surface area contributed by atoms with Crippen LogP contribution in [0.25, 0.3) is 0 Å². The van der Waals surface area contributed by atoms with Crippen molar-refractivity contribution in [3.05, 3.63) is 0 Å². The van der Waals surface area contributed by atoms with Gasteiger partial charge in [-0.05, 0) is 26.2 Å². The van der Waals surface area contributed by atoms with Crippen molar-refractivity contribution >= 4 is 0 Å². The molecule has 1 unspecified atom stereocenters. The van der Waals surface area contributed by atoms with Gasteiger partial charge in [0, 0.05) is 12.1 Å². The third kappa shape index (κ3) is 1.32. The zero-order chi connectivity index (χ0) is 7.61. The van der Waals surface area contributed by atoms with Crippen molar-refractivity contribution in [3.8, 4) is 0 Å². The predicted octanol–water partition coefficient (Wildman–Crippen LogP) is 2.03. The quantitative estimate of drug-likeness (QED) is 0.639. The third-order valence-corrected chi connectivity index (χ3v) is 2.50. The van der Waals surface area contributed by atoms with Crippen molar-refractivity contribution in [2.24, 2.45) is 0 Å². The summed E-state index contributed by atoms with van der Waals surface area (Å²) in [4.78, 5) is 0. The van der Waals surface area contributed by atoms with Gasteiger partial charge in [0.25, 0.3) is 0 Å². The molecular formula is C8H17NO. The molecule has 0 radical (unpaired) electrons. The van der Waals surface area contributed by atoms with E-state index >= 15 is 0 Å². The summed E-state index contributed by atoms with van der Waals surface area (Å²) in [5.74, 6) is 0. The fraction of sp³-hybridized carbons (Fsp3) is 1.00. The van der Waals surface area contributed by atoms with Crippen LogP contribution in [-0.2, 0) is 0 Å². The highest BCUT2D eigenvalue weighted by molar-refractivity contribution is 4.86. The molecule has 0 aromatic heterocycles. The first-order chi connectivity index (χ1) is 4.69. The molecule has 0 aromatic rings. The summed E-state index contributed by atoms with van der Waals surface area (Å²) in [6.07, 6.45) is 4.57. The van der Waals surface area contributed by atoms with E-state index in [1.807, 2.05) is 0 Å². The summed E-state index contributed by atoms with van der Waals surface area (Å²) in [7, 11) is 0. The first-order valence-electron chi connectivity index (χ1n) is 4.15. The number of nitrogens with zero attached hydrogens (tertiary/aromatic N) is 1. The fourth-order valence-corrected chi connectivity index (χ4v) is 1.80. The Kier molecular flexibility index (Phi) is 2.32. The normalized spacial score (nSPS) is 35.1. The molecule has 0 aliphatic carbocycles. The van der Waals surface area contributed by atoms with E-state index in [0.29, 0.717) is 0 Å². The largest absolute Gasteiger partial charge is 0.313 e. The van der Waals surface area contributed by atoms with Gasteiger partial charge in [0.15, 0.2) is 0 Å². The minimum absolute atomic E-state index is 0.0920. The van der Waals surface area contributed by atoms with Crippen molar-refractivity contribution in [2.75, 3.05) is 6.54 Å². The molecule has 1 saturated heterocycles. The predicted molar refractivity (Wildman–Crippen MR) is 41.0 cm³/mol. The molecule has 0 aromatic carbocycles. The van der Waals surface area contributed by atoms with Gasteiger partial charge in [0.2, 0.25) is 0 Å². The van der Waals surface area contributed by atoms with Gasteiger partial charge in [0.05, 0.1) is 0 Å². The second kappa shape index (κ2) is 2.89. The molecule has 0 amide bonds. The number of hydrogen-bond donors (Lipinski definition) is 1. The standard InChI is InChI=1S/C8H17NO/c1-3-5-8(2)6-4-7-9(8)10/h10H,3-7H2,1-2H3. The number of hydroxylamine groups is 2. The van der Waals surface area contributed by atoms with Gasteiger partial charge in [-0.3, -0.25) is 0 Å². The minimum atomic E-state index is 0.0920. The molecule has 1 N–H and O–H groups in total. The molecular weight excluding hydrogens is 126 g/mol. The van der Waals surface area contributed by atoms with Crippen LogP contribution in [0.5, 0.6) is 0 Å². The van der Waals surface area contributed by atoms with Gasteiger partial charge in [-0.25, -0.2) is 0 Å². The minimum Gasteiger partial charge on any atom is -0.313 e. The van der Waals surface area contributed by atoms with Crippen molar-refractivity contribution in [1.29, 1.82) is 0 Å². The first-order valence-corrected chi connectivity index (χ1v) is 4.15. The maximum atomic E-state index is 9.41. The SMILES string of the molecule is CCCC1(C)CCCN1O. The molecule has 1 aliphatic rings. The Balaban J connectivity index is 2.48. The van der Waals surface area contributed by atoms with Crippen molar-refractivity contribution in [2.45, 2.75) is 45.1 Å². The summed E-state index contributed by atoms with van der Waals surface area (Å²) in [5, 5.41) is 10.9. The number of rotatable bonds is 2. The van der Waals surface area contributed by atoms with Crippen LogP contribution >= 0.6 is 0 Å². The van der Waals surface area contributed by atoms with Gasteiger partial charge in [0.1, 0.15) is 0 Å². The molecule has 60 valence electrons. The van der Waals surface area contributed by atoms with Crippen LogP contribution < -0.4 is 0 Å². The molecule has 1 atom stereocenters. The molecule has 0 bridgehead atoms. The lowest BCUT2D eigenvalue weighted by molar-refractivity contribution is -0.144. The molecule has 0 spiro atoms. The number of hydrogen-bond acceptors (Lipinski definition) is 2. The highest BCUT2D eigenvalue weighted by Crippen LogP contribution is 2.30. The van der Waals surface area contributed by atoms with Gasteiger partial charge in [-0.1, -0.05) is 13.3 Å².